The molecule has 1 aliphatic carbocycles. The van der Waals surface area contributed by atoms with E-state index in [1.165, 1.54) is 25.7 Å². The first-order chi connectivity index (χ1) is 7.70. The van der Waals surface area contributed by atoms with E-state index in [1.54, 1.807) is 0 Å². The predicted molar refractivity (Wildman–Crippen MR) is 63.3 cm³/mol. The molecule has 2 atom stereocenters. The van der Waals surface area contributed by atoms with Crippen LogP contribution in [-0.2, 0) is 0 Å². The second-order valence-corrected chi connectivity index (χ2v) is 5.15. The van der Waals surface area contributed by atoms with E-state index in [1.807, 2.05) is 0 Å². The summed E-state index contributed by atoms with van der Waals surface area (Å²) in [5, 5.41) is 22.6. The fraction of sp³-hybridized carbons (Fsp3) is 1.00. The summed E-state index contributed by atoms with van der Waals surface area (Å²) in [6.07, 6.45) is 3.76. The van der Waals surface area contributed by atoms with E-state index in [-0.39, 0.29) is 0 Å². The Morgan fingerprint density at radius 3 is 2.12 bits per heavy atom. The third-order valence-electron chi connectivity index (χ3n) is 3.99. The average molecular weight is 228 g/mol. The quantitative estimate of drug-likeness (QED) is 0.634. The van der Waals surface area contributed by atoms with Crippen molar-refractivity contribution >= 4 is 0 Å². The van der Waals surface area contributed by atoms with Crippen LogP contribution in [0.1, 0.15) is 32.6 Å². The van der Waals surface area contributed by atoms with Crippen molar-refractivity contribution in [3.05, 3.63) is 0 Å². The molecule has 2 rings (SSSR count). The first kappa shape index (κ1) is 12.3. The van der Waals surface area contributed by atoms with Crippen molar-refractivity contribution in [1.29, 1.82) is 0 Å². The van der Waals surface area contributed by atoms with Gasteiger partial charge in [0.1, 0.15) is 0 Å². The first-order valence-electron chi connectivity index (χ1n) is 6.54. The molecule has 94 valence electrons. The Bertz CT molecular complexity index is 207. The van der Waals surface area contributed by atoms with Crippen molar-refractivity contribution in [2.75, 3.05) is 19.6 Å². The molecule has 0 aromatic heterocycles. The molecule has 3 N–H and O–H groups in total. The van der Waals surface area contributed by atoms with Gasteiger partial charge in [-0.1, -0.05) is 6.92 Å². The number of aliphatic hydroxyl groups is 2. The van der Waals surface area contributed by atoms with Crippen LogP contribution in [0, 0.1) is 0 Å². The third kappa shape index (κ3) is 2.74. The molecule has 2 unspecified atom stereocenters. The minimum absolute atomic E-state index is 0.536. The summed E-state index contributed by atoms with van der Waals surface area (Å²) in [7, 11) is 0. The van der Waals surface area contributed by atoms with E-state index in [2.05, 4.69) is 17.1 Å². The standard InChI is InChI=1S/C12H24N2O2/c1-2-13-9-3-5-10(6-4-9)14-7-11(15)12(16)8-14/h9-13,15-16H,2-8H2,1H3. The molecule has 16 heavy (non-hydrogen) atoms. The molecule has 1 heterocycles. The zero-order valence-electron chi connectivity index (χ0n) is 10.1. The monoisotopic (exact) mass is 228 g/mol. The topological polar surface area (TPSA) is 55.7 Å². The SMILES string of the molecule is CCNC1CCC(N2CC(O)C(O)C2)CC1. The molecular formula is C12H24N2O2. The van der Waals surface area contributed by atoms with E-state index in [0.717, 1.165) is 6.54 Å². The largest absolute Gasteiger partial charge is 0.389 e. The highest BCUT2D eigenvalue weighted by atomic mass is 16.3. The van der Waals surface area contributed by atoms with Crippen LogP contribution >= 0.6 is 0 Å². The van der Waals surface area contributed by atoms with Gasteiger partial charge in [-0.2, -0.15) is 0 Å². The second kappa shape index (κ2) is 5.45. The normalized spacial score (nSPS) is 41.4. The Balaban J connectivity index is 1.77. The van der Waals surface area contributed by atoms with Gasteiger partial charge in [-0.15, -0.1) is 0 Å². The highest BCUT2D eigenvalue weighted by Crippen LogP contribution is 2.26. The van der Waals surface area contributed by atoms with Gasteiger partial charge in [0, 0.05) is 25.2 Å². The fourth-order valence-electron chi connectivity index (χ4n) is 3.03. The Morgan fingerprint density at radius 2 is 1.62 bits per heavy atom. The van der Waals surface area contributed by atoms with Gasteiger partial charge in [0.2, 0.25) is 0 Å². The van der Waals surface area contributed by atoms with Crippen molar-refractivity contribution in [2.24, 2.45) is 0 Å². The molecule has 0 amide bonds. The molecule has 4 nitrogen and oxygen atoms in total. The van der Waals surface area contributed by atoms with Crippen molar-refractivity contribution in [3.8, 4) is 0 Å². The highest BCUT2D eigenvalue weighted by molar-refractivity contribution is 4.90. The summed E-state index contributed by atoms with van der Waals surface area (Å²) in [5.41, 5.74) is 0. The number of nitrogens with zero attached hydrogens (tertiary/aromatic N) is 1. The number of β-amino-alcohol motifs (C(OH)–C–C–N with tert-alkyl or cyclic N) is 2. The fourth-order valence-corrected chi connectivity index (χ4v) is 3.03. The molecule has 4 heteroatoms. The molecule has 0 bridgehead atoms. The molecule has 1 saturated carbocycles. The van der Waals surface area contributed by atoms with E-state index >= 15 is 0 Å². The number of hydrogen-bond acceptors (Lipinski definition) is 4. The summed E-state index contributed by atoms with van der Waals surface area (Å²) < 4.78 is 0. The summed E-state index contributed by atoms with van der Waals surface area (Å²) >= 11 is 0. The highest BCUT2D eigenvalue weighted by Gasteiger charge is 2.35. The Morgan fingerprint density at radius 1 is 1.06 bits per heavy atom. The van der Waals surface area contributed by atoms with Crippen LogP contribution in [0.2, 0.25) is 0 Å². The van der Waals surface area contributed by atoms with Crippen LogP contribution in [0.4, 0.5) is 0 Å². The van der Waals surface area contributed by atoms with Gasteiger partial charge in [-0.05, 0) is 32.2 Å². The maximum atomic E-state index is 9.53. The van der Waals surface area contributed by atoms with E-state index in [4.69, 9.17) is 0 Å². The van der Waals surface area contributed by atoms with Crippen LogP contribution in [0.15, 0.2) is 0 Å². The Hall–Kier alpha value is -0.160. The van der Waals surface area contributed by atoms with Gasteiger partial charge in [0.15, 0.2) is 0 Å². The molecule has 2 aliphatic rings. The van der Waals surface area contributed by atoms with Crippen LogP contribution in [0.3, 0.4) is 0 Å². The molecule has 0 aromatic rings. The van der Waals surface area contributed by atoms with Gasteiger partial charge in [-0.3, -0.25) is 4.90 Å². The molecule has 0 aromatic carbocycles. The second-order valence-electron chi connectivity index (χ2n) is 5.15. The lowest BCUT2D eigenvalue weighted by molar-refractivity contribution is 0.0572. The molecule has 0 spiro atoms. The van der Waals surface area contributed by atoms with Crippen molar-refractivity contribution in [3.63, 3.8) is 0 Å². The van der Waals surface area contributed by atoms with Crippen LogP contribution < -0.4 is 5.32 Å². The molecule has 2 fully saturated rings. The van der Waals surface area contributed by atoms with E-state index in [0.29, 0.717) is 25.2 Å². The Labute approximate surface area is 97.6 Å². The number of aliphatic hydroxyl groups excluding tert-OH is 2. The molecular weight excluding hydrogens is 204 g/mol. The third-order valence-corrected chi connectivity index (χ3v) is 3.99. The Kier molecular flexibility index (Phi) is 4.19. The summed E-state index contributed by atoms with van der Waals surface area (Å²) in [5.74, 6) is 0. The van der Waals surface area contributed by atoms with Crippen molar-refractivity contribution in [2.45, 2.75) is 56.9 Å². The number of hydrogen-bond donors (Lipinski definition) is 3. The zero-order valence-corrected chi connectivity index (χ0v) is 10.1. The van der Waals surface area contributed by atoms with Crippen LogP contribution in [0.5, 0.6) is 0 Å². The number of likely N-dealkylation sites (tertiary alicyclic amines) is 1. The first-order valence-corrected chi connectivity index (χ1v) is 6.54. The minimum atomic E-state index is -0.536. The van der Waals surface area contributed by atoms with E-state index in [9.17, 15) is 10.2 Å². The van der Waals surface area contributed by atoms with Crippen LogP contribution in [-0.4, -0.2) is 59.0 Å². The van der Waals surface area contributed by atoms with Gasteiger partial charge < -0.3 is 15.5 Å². The summed E-state index contributed by atoms with van der Waals surface area (Å²) in [4.78, 5) is 2.26. The maximum Gasteiger partial charge on any atom is 0.0938 e. The minimum Gasteiger partial charge on any atom is -0.389 e. The molecule has 0 radical (unpaired) electrons. The lowest BCUT2D eigenvalue weighted by atomic mass is 9.90. The zero-order chi connectivity index (χ0) is 11.5. The lowest BCUT2D eigenvalue weighted by Gasteiger charge is -2.34. The van der Waals surface area contributed by atoms with Crippen LogP contribution in [0.25, 0.3) is 0 Å². The molecule has 1 aliphatic heterocycles. The summed E-state index contributed by atoms with van der Waals surface area (Å²) in [6.45, 7) is 4.51. The van der Waals surface area contributed by atoms with Gasteiger partial charge >= 0.3 is 0 Å². The predicted octanol–water partition coefficient (Wildman–Crippen LogP) is -0.0555. The number of nitrogens with one attached hydrogen (secondary N) is 1. The average Bonchev–Trinajstić information content (AvgIpc) is 2.61. The number of rotatable bonds is 3. The summed E-state index contributed by atoms with van der Waals surface area (Å²) in [6, 6.07) is 1.25. The smallest absolute Gasteiger partial charge is 0.0938 e. The maximum absolute atomic E-state index is 9.53. The van der Waals surface area contributed by atoms with Crippen molar-refractivity contribution in [1.82, 2.24) is 10.2 Å². The van der Waals surface area contributed by atoms with Gasteiger partial charge in [-0.25, -0.2) is 0 Å². The van der Waals surface area contributed by atoms with Crippen molar-refractivity contribution < 1.29 is 10.2 Å². The van der Waals surface area contributed by atoms with Gasteiger partial charge in [0.25, 0.3) is 0 Å². The van der Waals surface area contributed by atoms with Gasteiger partial charge in [0.05, 0.1) is 12.2 Å². The lowest BCUT2D eigenvalue weighted by Crippen LogP contribution is -2.41. The molecule has 1 saturated heterocycles. The van der Waals surface area contributed by atoms with E-state index < -0.39 is 12.2 Å².